The Kier molecular flexibility index (Phi) is 7.61. The monoisotopic (exact) mass is 477 g/mol. The predicted molar refractivity (Wildman–Crippen MR) is 121 cm³/mol. The SMILES string of the molecule is COc1cc(OC)c(/C(O)=C2\C(=O)C(=O)N(CCOC(C)C)C2c2ccc(F)cc2)cc1Cl. The third-order valence-electron chi connectivity index (χ3n) is 5.24. The van der Waals surface area contributed by atoms with Gasteiger partial charge in [-0.3, -0.25) is 9.59 Å². The molecule has 1 atom stereocenters. The Morgan fingerprint density at radius 2 is 1.76 bits per heavy atom. The highest BCUT2D eigenvalue weighted by Gasteiger charge is 2.46. The average molecular weight is 478 g/mol. The normalized spacial score (nSPS) is 17.7. The Bertz CT molecular complexity index is 1080. The molecule has 9 heteroatoms. The van der Waals surface area contributed by atoms with E-state index >= 15 is 0 Å². The minimum Gasteiger partial charge on any atom is -0.507 e. The average Bonchev–Trinajstić information content (AvgIpc) is 3.03. The molecule has 1 heterocycles. The number of ketones is 1. The van der Waals surface area contributed by atoms with Crippen LogP contribution in [0, 0.1) is 5.82 Å². The smallest absolute Gasteiger partial charge is 0.295 e. The molecule has 1 N–H and O–H groups in total. The maximum absolute atomic E-state index is 13.6. The second kappa shape index (κ2) is 10.2. The first-order chi connectivity index (χ1) is 15.7. The van der Waals surface area contributed by atoms with Crippen molar-refractivity contribution in [2.24, 2.45) is 0 Å². The summed E-state index contributed by atoms with van der Waals surface area (Å²) >= 11 is 6.24. The number of likely N-dealkylation sites (tertiary alicyclic amines) is 1. The van der Waals surface area contributed by atoms with E-state index in [1.165, 1.54) is 55.5 Å². The van der Waals surface area contributed by atoms with Crippen LogP contribution in [0.15, 0.2) is 42.0 Å². The van der Waals surface area contributed by atoms with Gasteiger partial charge < -0.3 is 24.2 Å². The van der Waals surface area contributed by atoms with E-state index in [1.807, 2.05) is 13.8 Å². The van der Waals surface area contributed by atoms with Crippen molar-refractivity contribution in [3.8, 4) is 11.5 Å². The molecular weight excluding hydrogens is 453 g/mol. The lowest BCUT2D eigenvalue weighted by atomic mass is 9.95. The molecule has 0 radical (unpaired) electrons. The van der Waals surface area contributed by atoms with Crippen LogP contribution in [0.3, 0.4) is 0 Å². The van der Waals surface area contributed by atoms with Crippen molar-refractivity contribution < 1.29 is 33.3 Å². The number of hydrogen-bond donors (Lipinski definition) is 1. The van der Waals surface area contributed by atoms with Crippen molar-refractivity contribution in [2.75, 3.05) is 27.4 Å². The number of aliphatic hydroxyl groups is 1. The Labute approximate surface area is 196 Å². The third-order valence-corrected chi connectivity index (χ3v) is 5.53. The first-order valence-corrected chi connectivity index (χ1v) is 10.6. The molecule has 33 heavy (non-hydrogen) atoms. The van der Waals surface area contributed by atoms with E-state index < -0.39 is 29.3 Å². The fraction of sp³-hybridized carbons (Fsp3) is 0.333. The maximum atomic E-state index is 13.6. The molecule has 1 amide bonds. The van der Waals surface area contributed by atoms with E-state index in [2.05, 4.69) is 0 Å². The number of Topliss-reactive ketones (excluding diaryl/α,β-unsaturated/α-hetero) is 1. The van der Waals surface area contributed by atoms with Crippen LogP contribution < -0.4 is 9.47 Å². The molecule has 1 aliphatic rings. The van der Waals surface area contributed by atoms with Gasteiger partial charge in [0.2, 0.25) is 0 Å². The van der Waals surface area contributed by atoms with Gasteiger partial charge in [0.15, 0.2) is 0 Å². The molecule has 176 valence electrons. The lowest BCUT2D eigenvalue weighted by Gasteiger charge is -2.26. The molecule has 1 aliphatic heterocycles. The van der Waals surface area contributed by atoms with E-state index in [1.54, 1.807) is 0 Å². The molecule has 0 aliphatic carbocycles. The summed E-state index contributed by atoms with van der Waals surface area (Å²) in [6.45, 7) is 3.98. The van der Waals surface area contributed by atoms with Crippen LogP contribution >= 0.6 is 11.6 Å². The van der Waals surface area contributed by atoms with Gasteiger partial charge in [-0.2, -0.15) is 0 Å². The summed E-state index contributed by atoms with van der Waals surface area (Å²) in [6, 6.07) is 7.30. The number of ether oxygens (including phenoxy) is 3. The number of carbonyl (C=O) groups excluding carboxylic acids is 2. The number of methoxy groups -OCH3 is 2. The number of carbonyl (C=O) groups is 2. The largest absolute Gasteiger partial charge is 0.507 e. The molecule has 1 fully saturated rings. The minimum atomic E-state index is -0.952. The van der Waals surface area contributed by atoms with Crippen molar-refractivity contribution in [1.82, 2.24) is 4.90 Å². The van der Waals surface area contributed by atoms with Crippen molar-refractivity contribution >= 4 is 29.1 Å². The maximum Gasteiger partial charge on any atom is 0.295 e. The van der Waals surface area contributed by atoms with E-state index in [0.717, 1.165) is 0 Å². The molecule has 1 saturated heterocycles. The van der Waals surface area contributed by atoms with E-state index in [9.17, 15) is 19.1 Å². The number of rotatable bonds is 8. The molecule has 1 unspecified atom stereocenters. The summed E-state index contributed by atoms with van der Waals surface area (Å²) in [6.07, 6.45) is -0.0724. The van der Waals surface area contributed by atoms with Gasteiger partial charge in [0, 0.05) is 12.6 Å². The summed E-state index contributed by atoms with van der Waals surface area (Å²) in [5.41, 5.74) is 0.419. The quantitative estimate of drug-likeness (QED) is 0.346. The van der Waals surface area contributed by atoms with Gasteiger partial charge in [-0.1, -0.05) is 23.7 Å². The van der Waals surface area contributed by atoms with Crippen LogP contribution in [0.25, 0.3) is 5.76 Å². The van der Waals surface area contributed by atoms with Crippen LogP contribution in [0.1, 0.15) is 31.0 Å². The molecule has 0 saturated carbocycles. The topological polar surface area (TPSA) is 85.3 Å². The van der Waals surface area contributed by atoms with Crippen molar-refractivity contribution in [1.29, 1.82) is 0 Å². The predicted octanol–water partition coefficient (Wildman–Crippen LogP) is 4.34. The van der Waals surface area contributed by atoms with Gasteiger partial charge in [-0.25, -0.2) is 4.39 Å². The van der Waals surface area contributed by atoms with Crippen molar-refractivity contribution in [2.45, 2.75) is 26.0 Å². The number of benzene rings is 2. The molecule has 3 rings (SSSR count). The van der Waals surface area contributed by atoms with Gasteiger partial charge in [0.1, 0.15) is 23.1 Å². The Morgan fingerprint density at radius 3 is 2.33 bits per heavy atom. The molecule has 0 aromatic heterocycles. The number of aliphatic hydroxyl groups excluding tert-OH is 1. The lowest BCUT2D eigenvalue weighted by Crippen LogP contribution is -2.33. The Balaban J connectivity index is 2.17. The number of amides is 1. The number of halogens is 2. The van der Waals surface area contributed by atoms with Crippen LogP contribution in [-0.4, -0.2) is 55.2 Å². The first kappa shape index (κ1) is 24.5. The fourth-order valence-corrected chi connectivity index (χ4v) is 3.92. The van der Waals surface area contributed by atoms with Crippen LogP contribution in [-0.2, 0) is 14.3 Å². The van der Waals surface area contributed by atoms with Crippen LogP contribution in [0.5, 0.6) is 11.5 Å². The molecule has 0 bridgehead atoms. The summed E-state index contributed by atoms with van der Waals surface area (Å²) in [4.78, 5) is 27.3. The van der Waals surface area contributed by atoms with Crippen molar-refractivity contribution in [3.05, 3.63) is 63.9 Å². The Hall–Kier alpha value is -3.10. The summed E-state index contributed by atoms with van der Waals surface area (Å²) in [5.74, 6) is -2.09. The third kappa shape index (κ3) is 4.96. The second-order valence-electron chi connectivity index (χ2n) is 7.65. The highest BCUT2D eigenvalue weighted by Crippen LogP contribution is 2.42. The lowest BCUT2D eigenvalue weighted by molar-refractivity contribution is -0.140. The summed E-state index contributed by atoms with van der Waals surface area (Å²) in [5, 5.41) is 11.4. The molecular formula is C24H25ClFNO6. The second-order valence-corrected chi connectivity index (χ2v) is 8.06. The zero-order valence-electron chi connectivity index (χ0n) is 18.7. The molecule has 2 aromatic rings. The Morgan fingerprint density at radius 1 is 1.12 bits per heavy atom. The standard InChI is InChI=1S/C24H25ClFNO6/c1-13(2)33-10-9-27-21(14-5-7-15(26)8-6-14)20(23(29)24(27)30)22(28)16-11-17(25)19(32-4)12-18(16)31-3/h5-8,11-13,21,28H,9-10H2,1-4H3/b22-20+. The van der Waals surface area contributed by atoms with Crippen LogP contribution in [0.2, 0.25) is 5.02 Å². The van der Waals surface area contributed by atoms with E-state index in [-0.39, 0.29) is 41.2 Å². The van der Waals surface area contributed by atoms with Gasteiger partial charge in [-0.15, -0.1) is 0 Å². The zero-order chi connectivity index (χ0) is 24.3. The van der Waals surface area contributed by atoms with Gasteiger partial charge in [0.05, 0.1) is 49.1 Å². The zero-order valence-corrected chi connectivity index (χ0v) is 19.5. The summed E-state index contributed by atoms with van der Waals surface area (Å²) < 4.78 is 29.7. The number of nitrogens with zero attached hydrogens (tertiary/aromatic N) is 1. The van der Waals surface area contributed by atoms with E-state index in [4.69, 9.17) is 25.8 Å². The number of hydrogen-bond acceptors (Lipinski definition) is 6. The highest BCUT2D eigenvalue weighted by atomic mass is 35.5. The molecule has 7 nitrogen and oxygen atoms in total. The van der Waals surface area contributed by atoms with Gasteiger partial charge >= 0.3 is 0 Å². The minimum absolute atomic E-state index is 0.0724. The molecule has 2 aromatic carbocycles. The highest BCUT2D eigenvalue weighted by molar-refractivity contribution is 6.46. The first-order valence-electron chi connectivity index (χ1n) is 10.3. The van der Waals surface area contributed by atoms with Gasteiger partial charge in [0.25, 0.3) is 11.7 Å². The van der Waals surface area contributed by atoms with Crippen LogP contribution in [0.4, 0.5) is 4.39 Å². The van der Waals surface area contributed by atoms with Gasteiger partial charge in [-0.05, 0) is 37.6 Å². The van der Waals surface area contributed by atoms with E-state index in [0.29, 0.717) is 11.3 Å². The molecule has 0 spiro atoms. The fourth-order valence-electron chi connectivity index (χ4n) is 3.68. The van der Waals surface area contributed by atoms with Crippen molar-refractivity contribution in [3.63, 3.8) is 0 Å². The summed E-state index contributed by atoms with van der Waals surface area (Å²) in [7, 11) is 2.82.